The van der Waals surface area contributed by atoms with Crippen molar-refractivity contribution >= 4 is 17.5 Å². The van der Waals surface area contributed by atoms with E-state index in [0.29, 0.717) is 11.5 Å². The van der Waals surface area contributed by atoms with Gasteiger partial charge < -0.3 is 20.1 Å². The smallest absolute Gasteiger partial charge is 0.258 e. The van der Waals surface area contributed by atoms with E-state index < -0.39 is 0 Å². The van der Waals surface area contributed by atoms with Gasteiger partial charge in [-0.15, -0.1) is 0 Å². The van der Waals surface area contributed by atoms with Gasteiger partial charge in [0.05, 0.1) is 13.7 Å². The average molecular weight is 370 g/mol. The van der Waals surface area contributed by atoms with Crippen LogP contribution in [0.1, 0.15) is 22.3 Å². The molecule has 2 amide bonds. The molecule has 0 heterocycles. The van der Waals surface area contributed by atoms with E-state index in [1.54, 1.807) is 13.2 Å². The standard InChI is InChI=1S/C21H26N2O4/c1-13-6-7-17(18(10-13)26-5)27-12-20(25)22-11-19(24)23-21-15(3)8-14(2)9-16(21)4/h6-10H,11-12H2,1-5H3,(H,22,25)(H,23,24). The summed E-state index contributed by atoms with van der Waals surface area (Å²) in [7, 11) is 1.54. The van der Waals surface area contributed by atoms with E-state index in [-0.39, 0.29) is 25.0 Å². The molecule has 0 saturated carbocycles. The van der Waals surface area contributed by atoms with Crippen molar-refractivity contribution in [2.75, 3.05) is 25.6 Å². The fourth-order valence-electron chi connectivity index (χ4n) is 2.83. The van der Waals surface area contributed by atoms with E-state index >= 15 is 0 Å². The average Bonchev–Trinajstić information content (AvgIpc) is 2.61. The molecule has 2 aromatic carbocycles. The molecule has 0 aliphatic heterocycles. The molecule has 144 valence electrons. The number of hydrogen-bond acceptors (Lipinski definition) is 4. The Morgan fingerprint density at radius 2 is 1.56 bits per heavy atom. The maximum Gasteiger partial charge on any atom is 0.258 e. The summed E-state index contributed by atoms with van der Waals surface area (Å²) >= 11 is 0. The Morgan fingerprint density at radius 3 is 2.19 bits per heavy atom. The first kappa shape index (κ1) is 20.3. The number of benzene rings is 2. The van der Waals surface area contributed by atoms with Crippen LogP contribution in [0.3, 0.4) is 0 Å². The maximum absolute atomic E-state index is 12.1. The lowest BCUT2D eigenvalue weighted by molar-refractivity contribution is -0.125. The minimum atomic E-state index is -0.384. The van der Waals surface area contributed by atoms with Crippen LogP contribution in [0.25, 0.3) is 0 Å². The molecule has 0 aromatic heterocycles. The van der Waals surface area contributed by atoms with Gasteiger partial charge in [-0.05, 0) is 56.5 Å². The Hall–Kier alpha value is -3.02. The molecule has 27 heavy (non-hydrogen) atoms. The lowest BCUT2D eigenvalue weighted by Gasteiger charge is -2.14. The number of carbonyl (C=O) groups is 2. The number of aryl methyl sites for hydroxylation is 4. The lowest BCUT2D eigenvalue weighted by atomic mass is 10.1. The molecule has 2 N–H and O–H groups in total. The summed E-state index contributed by atoms with van der Waals surface area (Å²) in [5.74, 6) is 0.371. The number of ether oxygens (including phenoxy) is 2. The van der Waals surface area contributed by atoms with Gasteiger partial charge in [0, 0.05) is 5.69 Å². The van der Waals surface area contributed by atoms with Gasteiger partial charge >= 0.3 is 0 Å². The predicted molar refractivity (Wildman–Crippen MR) is 106 cm³/mol. The summed E-state index contributed by atoms with van der Waals surface area (Å²) in [6, 6.07) is 9.45. The van der Waals surface area contributed by atoms with Crippen LogP contribution in [-0.2, 0) is 9.59 Å². The molecule has 0 saturated heterocycles. The third-order valence-electron chi connectivity index (χ3n) is 4.07. The van der Waals surface area contributed by atoms with Crippen LogP contribution in [-0.4, -0.2) is 32.1 Å². The monoisotopic (exact) mass is 370 g/mol. The van der Waals surface area contributed by atoms with E-state index in [2.05, 4.69) is 10.6 Å². The number of methoxy groups -OCH3 is 1. The molecule has 0 unspecified atom stereocenters. The van der Waals surface area contributed by atoms with E-state index in [4.69, 9.17) is 9.47 Å². The molecule has 0 spiro atoms. The molecule has 6 nitrogen and oxygen atoms in total. The normalized spacial score (nSPS) is 10.3. The highest BCUT2D eigenvalue weighted by molar-refractivity contribution is 5.95. The van der Waals surface area contributed by atoms with E-state index in [9.17, 15) is 9.59 Å². The Balaban J connectivity index is 1.84. The van der Waals surface area contributed by atoms with Crippen LogP contribution in [0.5, 0.6) is 11.5 Å². The Bertz CT molecular complexity index is 823. The number of nitrogens with one attached hydrogen (secondary N) is 2. The second-order valence-corrected chi connectivity index (χ2v) is 6.54. The first-order valence-electron chi connectivity index (χ1n) is 8.72. The van der Waals surface area contributed by atoms with Gasteiger partial charge in [0.2, 0.25) is 5.91 Å². The highest BCUT2D eigenvalue weighted by Crippen LogP contribution is 2.27. The Kier molecular flexibility index (Phi) is 6.82. The van der Waals surface area contributed by atoms with Crippen molar-refractivity contribution in [1.82, 2.24) is 5.32 Å². The zero-order valence-electron chi connectivity index (χ0n) is 16.4. The molecule has 0 bridgehead atoms. The van der Waals surface area contributed by atoms with Gasteiger partial charge in [-0.1, -0.05) is 23.8 Å². The molecular formula is C21H26N2O4. The number of rotatable bonds is 7. The molecule has 0 aliphatic rings. The van der Waals surface area contributed by atoms with Crippen LogP contribution in [0.2, 0.25) is 0 Å². The van der Waals surface area contributed by atoms with E-state index in [0.717, 1.165) is 27.9 Å². The van der Waals surface area contributed by atoms with Gasteiger partial charge in [-0.25, -0.2) is 0 Å². The quantitative estimate of drug-likeness (QED) is 0.785. The van der Waals surface area contributed by atoms with Crippen LogP contribution in [0.15, 0.2) is 30.3 Å². The molecule has 2 aromatic rings. The van der Waals surface area contributed by atoms with Crippen molar-refractivity contribution < 1.29 is 19.1 Å². The van der Waals surface area contributed by atoms with Gasteiger partial charge in [-0.3, -0.25) is 9.59 Å². The molecule has 0 atom stereocenters. The molecule has 0 fully saturated rings. The van der Waals surface area contributed by atoms with Crippen molar-refractivity contribution in [3.63, 3.8) is 0 Å². The minimum Gasteiger partial charge on any atom is -0.493 e. The van der Waals surface area contributed by atoms with Crippen LogP contribution < -0.4 is 20.1 Å². The number of anilines is 1. The SMILES string of the molecule is COc1cc(C)ccc1OCC(=O)NCC(=O)Nc1c(C)cc(C)cc1C. The van der Waals surface area contributed by atoms with E-state index in [1.165, 1.54) is 0 Å². The highest BCUT2D eigenvalue weighted by Gasteiger charge is 2.11. The maximum atomic E-state index is 12.1. The van der Waals surface area contributed by atoms with Gasteiger partial charge in [0.1, 0.15) is 0 Å². The molecule has 0 aliphatic carbocycles. The van der Waals surface area contributed by atoms with Crippen molar-refractivity contribution in [1.29, 1.82) is 0 Å². The summed E-state index contributed by atoms with van der Waals surface area (Å²) in [6.45, 7) is 7.51. The molecular weight excluding hydrogens is 344 g/mol. The number of carbonyl (C=O) groups excluding carboxylic acids is 2. The molecule has 2 rings (SSSR count). The zero-order chi connectivity index (χ0) is 20.0. The van der Waals surface area contributed by atoms with E-state index in [1.807, 2.05) is 52.0 Å². The predicted octanol–water partition coefficient (Wildman–Crippen LogP) is 3.06. The Morgan fingerprint density at radius 1 is 0.889 bits per heavy atom. The number of hydrogen-bond donors (Lipinski definition) is 2. The van der Waals surface area contributed by atoms with Crippen molar-refractivity contribution in [2.45, 2.75) is 27.7 Å². The lowest BCUT2D eigenvalue weighted by Crippen LogP contribution is -2.36. The topological polar surface area (TPSA) is 76.7 Å². The minimum absolute atomic E-state index is 0.125. The van der Waals surface area contributed by atoms with Gasteiger partial charge in [0.15, 0.2) is 18.1 Å². The highest BCUT2D eigenvalue weighted by atomic mass is 16.5. The summed E-state index contributed by atoms with van der Waals surface area (Å²) in [5, 5.41) is 5.40. The van der Waals surface area contributed by atoms with Gasteiger partial charge in [0.25, 0.3) is 5.91 Å². The largest absolute Gasteiger partial charge is 0.493 e. The van der Waals surface area contributed by atoms with Gasteiger partial charge in [-0.2, -0.15) is 0 Å². The fourth-order valence-corrected chi connectivity index (χ4v) is 2.83. The number of amides is 2. The summed E-state index contributed by atoms with van der Waals surface area (Å²) < 4.78 is 10.7. The first-order valence-corrected chi connectivity index (χ1v) is 8.72. The van der Waals surface area contributed by atoms with Crippen molar-refractivity contribution in [3.05, 3.63) is 52.6 Å². The van der Waals surface area contributed by atoms with Crippen molar-refractivity contribution in [3.8, 4) is 11.5 Å². The Labute approximate surface area is 159 Å². The van der Waals surface area contributed by atoms with Crippen molar-refractivity contribution in [2.24, 2.45) is 0 Å². The zero-order valence-corrected chi connectivity index (χ0v) is 16.4. The van der Waals surface area contributed by atoms with Crippen LogP contribution in [0.4, 0.5) is 5.69 Å². The first-order chi connectivity index (χ1) is 12.8. The molecule has 6 heteroatoms. The fraction of sp³-hybridized carbons (Fsp3) is 0.333. The summed E-state index contributed by atoms with van der Waals surface area (Å²) in [6.07, 6.45) is 0. The molecule has 0 radical (unpaired) electrons. The van der Waals surface area contributed by atoms with Crippen LogP contribution in [0, 0.1) is 27.7 Å². The second kappa shape index (κ2) is 9.07. The third-order valence-corrected chi connectivity index (χ3v) is 4.07. The second-order valence-electron chi connectivity index (χ2n) is 6.54. The third kappa shape index (κ3) is 5.74. The summed E-state index contributed by atoms with van der Waals surface area (Å²) in [5.41, 5.74) is 4.92. The van der Waals surface area contributed by atoms with Crippen LogP contribution >= 0.6 is 0 Å². The summed E-state index contributed by atoms with van der Waals surface area (Å²) in [4.78, 5) is 24.1.